The Balaban J connectivity index is 1.74. The van der Waals surface area contributed by atoms with Gasteiger partial charge in [-0.15, -0.1) is 0 Å². The van der Waals surface area contributed by atoms with Crippen LogP contribution >= 0.6 is 7.82 Å². The summed E-state index contributed by atoms with van der Waals surface area (Å²) < 4.78 is 63.1. The minimum Gasteiger partial charge on any atom is -0.463 e. The highest BCUT2D eigenvalue weighted by Gasteiger charge is 2.52. The van der Waals surface area contributed by atoms with Gasteiger partial charge in [0.25, 0.3) is 0 Å². The Kier molecular flexibility index (Phi) is 14.1. The van der Waals surface area contributed by atoms with Gasteiger partial charge in [-0.25, -0.2) is 4.57 Å². The molecule has 1 fully saturated rings. The number of phosphoric ester groups is 1. The van der Waals surface area contributed by atoms with Crippen molar-refractivity contribution in [2.45, 2.75) is 71.6 Å². The first-order chi connectivity index (χ1) is 21.5. The molecule has 1 aliphatic heterocycles. The fourth-order valence-corrected chi connectivity index (χ4v) is 5.34. The number of hydrogen-bond acceptors (Lipinski definition) is 14. The van der Waals surface area contributed by atoms with Crippen LogP contribution in [0, 0.1) is 0 Å². The summed E-state index contributed by atoms with van der Waals surface area (Å²) in [5, 5.41) is 0. The van der Waals surface area contributed by atoms with E-state index in [1.165, 1.54) is 0 Å². The number of hydrogen-bond donors (Lipinski definition) is 0. The standard InChI is InChI=1S/C30H37O14P/c1-20(31)37-19-26-27(41-21(2)32)28(42-22(3)33)29(43-23(4)34)30(44-26)36-15-16-38-45(35,39-17-24-11-7-5-8-12-24)40-18-25-13-9-6-10-14-25/h5-14,26-30H,15-19H2,1-4H3/t26?,27-,28+,29?,30-/m1/s1. The van der Waals surface area contributed by atoms with Crippen LogP contribution in [0.15, 0.2) is 60.7 Å². The number of benzene rings is 2. The highest BCUT2D eigenvalue weighted by Crippen LogP contribution is 2.51. The molecule has 14 nitrogen and oxygen atoms in total. The van der Waals surface area contributed by atoms with Gasteiger partial charge in [0.15, 0.2) is 24.6 Å². The van der Waals surface area contributed by atoms with Gasteiger partial charge in [0, 0.05) is 27.7 Å². The Hall–Kier alpha value is -3.65. The first-order valence-electron chi connectivity index (χ1n) is 14.0. The smallest absolute Gasteiger partial charge is 0.463 e. The van der Waals surface area contributed by atoms with Gasteiger partial charge < -0.3 is 28.4 Å². The van der Waals surface area contributed by atoms with Crippen LogP contribution in [0.1, 0.15) is 38.8 Å². The summed E-state index contributed by atoms with van der Waals surface area (Å²) in [7, 11) is -4.14. The van der Waals surface area contributed by atoms with Crippen molar-refractivity contribution in [3.05, 3.63) is 71.8 Å². The van der Waals surface area contributed by atoms with Crippen LogP contribution in [0.5, 0.6) is 0 Å². The molecule has 0 bridgehead atoms. The Labute approximate surface area is 260 Å². The van der Waals surface area contributed by atoms with E-state index >= 15 is 0 Å². The lowest BCUT2D eigenvalue weighted by Crippen LogP contribution is -2.63. The van der Waals surface area contributed by atoms with Gasteiger partial charge >= 0.3 is 31.7 Å². The molecule has 1 aliphatic rings. The van der Waals surface area contributed by atoms with E-state index in [9.17, 15) is 23.7 Å². The molecule has 15 heteroatoms. The van der Waals surface area contributed by atoms with Gasteiger partial charge in [-0.3, -0.25) is 32.7 Å². The molecular formula is C30H37O14P. The first-order valence-corrected chi connectivity index (χ1v) is 15.5. The lowest BCUT2D eigenvalue weighted by atomic mass is 9.98. The third kappa shape index (κ3) is 12.3. The van der Waals surface area contributed by atoms with Crippen LogP contribution in [-0.2, 0) is 78.9 Å². The van der Waals surface area contributed by atoms with Crippen molar-refractivity contribution in [1.29, 1.82) is 0 Å². The molecule has 246 valence electrons. The molecule has 2 unspecified atom stereocenters. The molecular weight excluding hydrogens is 615 g/mol. The second-order valence-corrected chi connectivity index (χ2v) is 11.4. The number of carbonyl (C=O) groups excluding carboxylic acids is 4. The Morgan fingerprint density at radius 2 is 1.13 bits per heavy atom. The number of esters is 4. The highest BCUT2D eigenvalue weighted by atomic mass is 31.2. The largest absolute Gasteiger partial charge is 0.475 e. The average Bonchev–Trinajstić information content (AvgIpc) is 2.99. The van der Waals surface area contributed by atoms with Crippen molar-refractivity contribution in [2.75, 3.05) is 19.8 Å². The number of rotatable bonds is 16. The molecule has 3 rings (SSSR count). The van der Waals surface area contributed by atoms with Crippen LogP contribution in [0.25, 0.3) is 0 Å². The van der Waals surface area contributed by atoms with Gasteiger partial charge in [0.2, 0.25) is 0 Å². The lowest BCUT2D eigenvalue weighted by molar-refractivity contribution is -0.308. The molecule has 0 aromatic heterocycles. The summed E-state index contributed by atoms with van der Waals surface area (Å²) in [6, 6.07) is 18.0. The van der Waals surface area contributed by atoms with Crippen molar-refractivity contribution in [2.24, 2.45) is 0 Å². The summed E-state index contributed by atoms with van der Waals surface area (Å²) in [6.45, 7) is 3.32. The van der Waals surface area contributed by atoms with E-state index < -0.39 is 69.0 Å². The molecule has 0 spiro atoms. The van der Waals surface area contributed by atoms with Crippen LogP contribution < -0.4 is 0 Å². The zero-order chi connectivity index (χ0) is 32.8. The minimum atomic E-state index is -4.14. The normalized spacial score (nSPS) is 21.4. The van der Waals surface area contributed by atoms with E-state index in [4.69, 9.17) is 42.0 Å². The third-order valence-corrected chi connectivity index (χ3v) is 7.42. The Bertz CT molecular complexity index is 1260. The molecule has 0 aliphatic carbocycles. The number of phosphoric acid groups is 1. The molecule has 0 amide bonds. The van der Waals surface area contributed by atoms with Crippen molar-refractivity contribution >= 4 is 31.7 Å². The quantitative estimate of drug-likeness (QED) is 0.111. The summed E-state index contributed by atoms with van der Waals surface area (Å²) in [4.78, 5) is 47.4. The topological polar surface area (TPSA) is 168 Å². The highest BCUT2D eigenvalue weighted by molar-refractivity contribution is 7.48. The van der Waals surface area contributed by atoms with Crippen molar-refractivity contribution in [3.63, 3.8) is 0 Å². The summed E-state index contributed by atoms with van der Waals surface area (Å²) >= 11 is 0. The van der Waals surface area contributed by atoms with E-state index in [0.717, 1.165) is 38.8 Å². The maximum atomic E-state index is 13.6. The van der Waals surface area contributed by atoms with E-state index in [1.807, 2.05) is 12.1 Å². The monoisotopic (exact) mass is 652 g/mol. The molecule has 5 atom stereocenters. The minimum absolute atomic E-state index is 0.0620. The summed E-state index contributed by atoms with van der Waals surface area (Å²) in [5.74, 6) is -2.97. The van der Waals surface area contributed by atoms with Gasteiger partial charge in [-0.1, -0.05) is 60.7 Å². The molecule has 45 heavy (non-hydrogen) atoms. The molecule has 2 aromatic carbocycles. The van der Waals surface area contributed by atoms with Crippen LogP contribution in [0.2, 0.25) is 0 Å². The SMILES string of the molecule is CC(=O)OCC1O[C@@H](OCCOP(=O)(OCc2ccccc2)OCc2ccccc2)C(OC(C)=O)[C@@H](OC(C)=O)[C@@H]1OC(C)=O. The molecule has 0 N–H and O–H groups in total. The van der Waals surface area contributed by atoms with Gasteiger partial charge in [-0.05, 0) is 11.1 Å². The molecule has 1 saturated heterocycles. The predicted octanol–water partition coefficient (Wildman–Crippen LogP) is 3.64. The van der Waals surface area contributed by atoms with Gasteiger partial charge in [0.05, 0.1) is 26.4 Å². The lowest BCUT2D eigenvalue weighted by Gasteiger charge is -2.44. The zero-order valence-corrected chi connectivity index (χ0v) is 26.3. The maximum Gasteiger partial charge on any atom is 0.475 e. The van der Waals surface area contributed by atoms with Crippen molar-refractivity contribution in [3.8, 4) is 0 Å². The van der Waals surface area contributed by atoms with E-state index in [2.05, 4.69) is 0 Å². The fourth-order valence-electron chi connectivity index (χ4n) is 4.20. The Morgan fingerprint density at radius 1 is 0.644 bits per heavy atom. The summed E-state index contributed by atoms with van der Waals surface area (Å²) in [5.41, 5.74) is 1.47. The van der Waals surface area contributed by atoms with E-state index in [0.29, 0.717) is 0 Å². The molecule has 0 saturated carbocycles. The first kappa shape index (κ1) is 35.8. The molecule has 0 radical (unpaired) electrons. The van der Waals surface area contributed by atoms with Crippen LogP contribution in [0.3, 0.4) is 0 Å². The molecule has 2 aromatic rings. The van der Waals surface area contributed by atoms with E-state index in [1.54, 1.807) is 48.5 Å². The van der Waals surface area contributed by atoms with Crippen LogP contribution in [0.4, 0.5) is 0 Å². The van der Waals surface area contributed by atoms with Crippen molar-refractivity contribution < 1.29 is 65.7 Å². The van der Waals surface area contributed by atoms with Crippen LogP contribution in [-0.4, -0.2) is 74.4 Å². The second kappa shape index (κ2) is 17.7. The predicted molar refractivity (Wildman–Crippen MR) is 154 cm³/mol. The maximum absolute atomic E-state index is 13.6. The van der Waals surface area contributed by atoms with Gasteiger partial charge in [0.1, 0.15) is 12.7 Å². The average molecular weight is 653 g/mol. The Morgan fingerprint density at radius 3 is 1.62 bits per heavy atom. The summed E-state index contributed by atoms with van der Waals surface area (Å²) in [6.07, 6.45) is -6.76. The van der Waals surface area contributed by atoms with E-state index in [-0.39, 0.29) is 26.4 Å². The third-order valence-electron chi connectivity index (χ3n) is 6.03. The second-order valence-electron chi connectivity index (χ2n) is 9.74. The fraction of sp³-hybridized carbons (Fsp3) is 0.467. The van der Waals surface area contributed by atoms with Gasteiger partial charge in [-0.2, -0.15) is 0 Å². The number of ether oxygens (including phenoxy) is 6. The number of carbonyl (C=O) groups is 4. The van der Waals surface area contributed by atoms with Crippen molar-refractivity contribution in [1.82, 2.24) is 0 Å². The molecule has 1 heterocycles. The zero-order valence-electron chi connectivity index (χ0n) is 25.4.